The number of hydrogen-bond acceptors (Lipinski definition) is 6. The van der Waals surface area contributed by atoms with Gasteiger partial charge in [0.2, 0.25) is 5.95 Å². The molecule has 0 bridgehead atoms. The summed E-state index contributed by atoms with van der Waals surface area (Å²) in [6, 6.07) is 12.3. The summed E-state index contributed by atoms with van der Waals surface area (Å²) in [5, 5.41) is 11.3. The Hall–Kier alpha value is -3.02. The molecule has 0 spiro atoms. The Labute approximate surface area is 148 Å². The third-order valence-corrected chi connectivity index (χ3v) is 4.04. The van der Waals surface area contributed by atoms with E-state index < -0.39 is 0 Å². The van der Waals surface area contributed by atoms with Crippen LogP contribution in [0, 0.1) is 0 Å². The molecular formula is C19H22N6. The van der Waals surface area contributed by atoms with Crippen LogP contribution in [0.1, 0.15) is 18.1 Å². The second-order valence-corrected chi connectivity index (χ2v) is 5.84. The summed E-state index contributed by atoms with van der Waals surface area (Å²) in [4.78, 5) is 10.7. The van der Waals surface area contributed by atoms with Gasteiger partial charge in [0.1, 0.15) is 0 Å². The molecule has 0 fully saturated rings. The normalized spacial score (nSPS) is 10.5. The molecule has 6 heteroatoms. The van der Waals surface area contributed by atoms with E-state index in [1.54, 1.807) is 6.20 Å². The van der Waals surface area contributed by atoms with Gasteiger partial charge in [0.25, 0.3) is 0 Å². The monoisotopic (exact) mass is 334 g/mol. The number of nitrogens with zero attached hydrogens (tertiary/aromatic N) is 5. The molecule has 2 heterocycles. The van der Waals surface area contributed by atoms with Crippen LogP contribution < -0.4 is 10.2 Å². The minimum atomic E-state index is 0.498. The van der Waals surface area contributed by atoms with Gasteiger partial charge in [0.15, 0.2) is 5.82 Å². The van der Waals surface area contributed by atoms with Crippen LogP contribution >= 0.6 is 0 Å². The molecule has 2 aromatic heterocycles. The SMILES string of the molecule is CCc1ccc(Nc2nncc(N(C)CCc3ccncc3)n2)cc1. The fraction of sp³-hybridized carbons (Fsp3) is 0.263. The Morgan fingerprint density at radius 2 is 1.76 bits per heavy atom. The zero-order valence-corrected chi connectivity index (χ0v) is 14.6. The van der Waals surface area contributed by atoms with Gasteiger partial charge in [-0.05, 0) is 48.2 Å². The first-order valence-corrected chi connectivity index (χ1v) is 8.40. The van der Waals surface area contributed by atoms with E-state index in [-0.39, 0.29) is 0 Å². The van der Waals surface area contributed by atoms with Gasteiger partial charge in [-0.25, -0.2) is 0 Å². The molecule has 3 aromatic rings. The number of likely N-dealkylation sites (N-methyl/N-ethyl adjacent to an activating group) is 1. The maximum Gasteiger partial charge on any atom is 0.249 e. The summed E-state index contributed by atoms with van der Waals surface area (Å²) in [7, 11) is 2.00. The van der Waals surface area contributed by atoms with Gasteiger partial charge in [-0.2, -0.15) is 10.1 Å². The van der Waals surface area contributed by atoms with E-state index in [4.69, 9.17) is 0 Å². The number of pyridine rings is 1. The smallest absolute Gasteiger partial charge is 0.249 e. The molecule has 6 nitrogen and oxygen atoms in total. The fourth-order valence-electron chi connectivity index (χ4n) is 2.45. The van der Waals surface area contributed by atoms with E-state index in [0.717, 1.165) is 30.9 Å². The Bertz CT molecular complexity index is 789. The van der Waals surface area contributed by atoms with E-state index in [1.807, 2.05) is 43.7 Å². The molecule has 0 saturated carbocycles. The molecule has 0 aliphatic carbocycles. The van der Waals surface area contributed by atoms with E-state index in [9.17, 15) is 0 Å². The van der Waals surface area contributed by atoms with Crippen molar-refractivity contribution in [2.45, 2.75) is 19.8 Å². The number of rotatable bonds is 7. The van der Waals surface area contributed by atoms with Crippen LogP contribution in [-0.4, -0.2) is 33.8 Å². The topological polar surface area (TPSA) is 66.8 Å². The average molecular weight is 334 g/mol. The number of hydrogen-bond donors (Lipinski definition) is 1. The first kappa shape index (κ1) is 16.8. The van der Waals surface area contributed by atoms with Gasteiger partial charge in [-0.1, -0.05) is 19.1 Å². The summed E-state index contributed by atoms with van der Waals surface area (Å²) in [6.07, 6.45) is 7.25. The van der Waals surface area contributed by atoms with E-state index in [1.165, 1.54) is 11.1 Å². The first-order valence-electron chi connectivity index (χ1n) is 8.40. The zero-order chi connectivity index (χ0) is 17.5. The highest BCUT2D eigenvalue weighted by molar-refractivity contribution is 5.54. The van der Waals surface area contributed by atoms with Crippen molar-refractivity contribution in [3.8, 4) is 0 Å². The van der Waals surface area contributed by atoms with Crippen LogP contribution in [0.4, 0.5) is 17.5 Å². The lowest BCUT2D eigenvalue weighted by molar-refractivity contribution is 0.840. The van der Waals surface area contributed by atoms with Crippen molar-refractivity contribution in [2.24, 2.45) is 0 Å². The molecule has 0 unspecified atom stereocenters. The van der Waals surface area contributed by atoms with E-state index in [0.29, 0.717) is 5.95 Å². The molecule has 0 aliphatic rings. The molecule has 128 valence electrons. The first-order chi connectivity index (χ1) is 12.2. The lowest BCUT2D eigenvalue weighted by Crippen LogP contribution is -2.22. The summed E-state index contributed by atoms with van der Waals surface area (Å²) in [5.41, 5.74) is 3.50. The van der Waals surface area contributed by atoms with Crippen LogP contribution in [0.15, 0.2) is 55.0 Å². The Balaban J connectivity index is 1.63. The van der Waals surface area contributed by atoms with Crippen LogP contribution in [0.3, 0.4) is 0 Å². The lowest BCUT2D eigenvalue weighted by atomic mass is 10.1. The van der Waals surface area contributed by atoms with Gasteiger partial charge in [0.05, 0.1) is 6.20 Å². The summed E-state index contributed by atoms with van der Waals surface area (Å²) >= 11 is 0. The van der Waals surface area contributed by atoms with E-state index >= 15 is 0 Å². The maximum absolute atomic E-state index is 4.55. The molecule has 1 aromatic carbocycles. The Morgan fingerprint density at radius 3 is 2.48 bits per heavy atom. The molecule has 0 saturated heterocycles. The Kier molecular flexibility index (Phi) is 5.51. The zero-order valence-electron chi connectivity index (χ0n) is 14.6. The highest BCUT2D eigenvalue weighted by Gasteiger charge is 2.06. The summed E-state index contributed by atoms with van der Waals surface area (Å²) in [6.45, 7) is 2.98. The third kappa shape index (κ3) is 4.73. The number of benzene rings is 1. The van der Waals surface area contributed by atoms with Crippen molar-refractivity contribution in [1.82, 2.24) is 20.2 Å². The van der Waals surface area contributed by atoms with Gasteiger partial charge in [0, 0.05) is 31.7 Å². The summed E-state index contributed by atoms with van der Waals surface area (Å²) < 4.78 is 0. The van der Waals surface area contributed by atoms with Gasteiger partial charge < -0.3 is 10.2 Å². The molecule has 0 aliphatic heterocycles. The lowest BCUT2D eigenvalue weighted by Gasteiger charge is -2.18. The van der Waals surface area contributed by atoms with Crippen LogP contribution in [0.25, 0.3) is 0 Å². The average Bonchev–Trinajstić information content (AvgIpc) is 2.68. The minimum absolute atomic E-state index is 0.498. The molecule has 0 radical (unpaired) electrons. The van der Waals surface area contributed by atoms with Crippen molar-refractivity contribution >= 4 is 17.5 Å². The van der Waals surface area contributed by atoms with Gasteiger partial charge in [-0.15, -0.1) is 5.10 Å². The molecule has 3 rings (SSSR count). The second-order valence-electron chi connectivity index (χ2n) is 5.84. The van der Waals surface area contributed by atoms with Crippen LogP contribution in [0.5, 0.6) is 0 Å². The van der Waals surface area contributed by atoms with E-state index in [2.05, 4.69) is 49.4 Å². The largest absolute Gasteiger partial charge is 0.358 e. The minimum Gasteiger partial charge on any atom is -0.358 e. The van der Waals surface area contributed by atoms with Crippen molar-refractivity contribution in [2.75, 3.05) is 23.8 Å². The van der Waals surface area contributed by atoms with Crippen molar-refractivity contribution in [1.29, 1.82) is 0 Å². The highest BCUT2D eigenvalue weighted by Crippen LogP contribution is 2.16. The third-order valence-electron chi connectivity index (χ3n) is 4.04. The number of anilines is 3. The van der Waals surface area contributed by atoms with Crippen molar-refractivity contribution in [3.63, 3.8) is 0 Å². The fourth-order valence-corrected chi connectivity index (χ4v) is 2.45. The number of aromatic nitrogens is 4. The van der Waals surface area contributed by atoms with Crippen molar-refractivity contribution < 1.29 is 0 Å². The predicted octanol–water partition coefficient (Wildman–Crippen LogP) is 3.25. The van der Waals surface area contributed by atoms with Gasteiger partial charge in [-0.3, -0.25) is 4.98 Å². The molecule has 0 atom stereocenters. The molecule has 0 amide bonds. The van der Waals surface area contributed by atoms with Gasteiger partial charge >= 0.3 is 0 Å². The molecular weight excluding hydrogens is 312 g/mol. The predicted molar refractivity (Wildman–Crippen MR) is 100 cm³/mol. The number of nitrogens with one attached hydrogen (secondary N) is 1. The molecule has 1 N–H and O–H groups in total. The summed E-state index contributed by atoms with van der Waals surface area (Å²) in [5.74, 6) is 1.29. The Morgan fingerprint density at radius 1 is 1.00 bits per heavy atom. The maximum atomic E-state index is 4.55. The standard InChI is InChI=1S/C19H22N6/c1-3-15-4-6-17(7-5-15)22-19-23-18(14-21-24-19)25(2)13-10-16-8-11-20-12-9-16/h4-9,11-12,14H,3,10,13H2,1-2H3,(H,22,23,24). The number of aryl methyl sites for hydroxylation is 1. The van der Waals surface area contributed by atoms with Crippen LogP contribution in [-0.2, 0) is 12.8 Å². The van der Waals surface area contributed by atoms with Crippen molar-refractivity contribution in [3.05, 3.63) is 66.1 Å². The highest BCUT2D eigenvalue weighted by atomic mass is 15.3. The molecule has 25 heavy (non-hydrogen) atoms. The van der Waals surface area contributed by atoms with Crippen LogP contribution in [0.2, 0.25) is 0 Å². The quantitative estimate of drug-likeness (QED) is 0.715. The second kappa shape index (κ2) is 8.19.